The SMILES string of the molecule is CN(C)c1nc(CNC(=O)c2ccc3ncsc3c2)nc(N2CCCCC2)n1. The molecule has 0 aliphatic carbocycles. The van der Waals surface area contributed by atoms with Crippen LogP contribution in [-0.4, -0.2) is 53.0 Å². The largest absolute Gasteiger partial charge is 0.347 e. The number of aromatic nitrogens is 4. The zero-order valence-electron chi connectivity index (χ0n) is 16.1. The zero-order chi connectivity index (χ0) is 19.5. The molecule has 1 fully saturated rings. The lowest BCUT2D eigenvalue weighted by Gasteiger charge is -2.27. The van der Waals surface area contributed by atoms with E-state index in [2.05, 4.69) is 30.2 Å². The van der Waals surface area contributed by atoms with Crippen LogP contribution in [0.1, 0.15) is 35.4 Å². The monoisotopic (exact) mass is 397 g/mol. The average molecular weight is 398 g/mol. The van der Waals surface area contributed by atoms with E-state index in [1.54, 1.807) is 11.6 Å². The van der Waals surface area contributed by atoms with E-state index < -0.39 is 0 Å². The van der Waals surface area contributed by atoms with E-state index in [0.29, 0.717) is 23.3 Å². The van der Waals surface area contributed by atoms with Crippen molar-refractivity contribution in [3.8, 4) is 0 Å². The third-order valence-corrected chi connectivity index (χ3v) is 5.49. The number of anilines is 2. The Kier molecular flexibility index (Phi) is 5.34. The molecular weight excluding hydrogens is 374 g/mol. The van der Waals surface area contributed by atoms with Crippen LogP contribution in [0.5, 0.6) is 0 Å². The van der Waals surface area contributed by atoms with Crippen molar-refractivity contribution in [1.82, 2.24) is 25.3 Å². The fraction of sp³-hybridized carbons (Fsp3) is 0.421. The van der Waals surface area contributed by atoms with E-state index in [0.717, 1.165) is 36.1 Å². The highest BCUT2D eigenvalue weighted by molar-refractivity contribution is 7.16. The number of piperidine rings is 1. The summed E-state index contributed by atoms with van der Waals surface area (Å²) in [5.74, 6) is 1.70. The molecule has 1 saturated heterocycles. The van der Waals surface area contributed by atoms with Gasteiger partial charge in [0.25, 0.3) is 5.91 Å². The number of nitrogens with zero attached hydrogens (tertiary/aromatic N) is 6. The Balaban J connectivity index is 1.51. The van der Waals surface area contributed by atoms with E-state index in [1.165, 1.54) is 17.8 Å². The summed E-state index contributed by atoms with van der Waals surface area (Å²) in [7, 11) is 3.81. The Morgan fingerprint density at radius 3 is 2.79 bits per heavy atom. The number of amides is 1. The van der Waals surface area contributed by atoms with Crippen LogP contribution in [0.15, 0.2) is 23.7 Å². The van der Waals surface area contributed by atoms with Crippen molar-refractivity contribution >= 4 is 39.4 Å². The molecule has 1 aliphatic rings. The molecular formula is C19H23N7OS. The Hall–Kier alpha value is -2.81. The second-order valence-electron chi connectivity index (χ2n) is 7.01. The first-order chi connectivity index (χ1) is 13.6. The smallest absolute Gasteiger partial charge is 0.251 e. The molecule has 1 N–H and O–H groups in total. The van der Waals surface area contributed by atoms with Gasteiger partial charge in [0.15, 0.2) is 5.82 Å². The van der Waals surface area contributed by atoms with Gasteiger partial charge in [-0.3, -0.25) is 4.79 Å². The average Bonchev–Trinajstić information content (AvgIpc) is 3.20. The Morgan fingerprint density at radius 2 is 2.00 bits per heavy atom. The first-order valence-corrected chi connectivity index (χ1v) is 10.3. The maximum absolute atomic E-state index is 12.6. The number of hydrogen-bond donors (Lipinski definition) is 1. The minimum atomic E-state index is -0.151. The van der Waals surface area contributed by atoms with Crippen LogP contribution in [0.4, 0.5) is 11.9 Å². The summed E-state index contributed by atoms with van der Waals surface area (Å²) in [5.41, 5.74) is 3.29. The molecule has 9 heteroatoms. The van der Waals surface area contributed by atoms with Crippen molar-refractivity contribution in [2.45, 2.75) is 25.8 Å². The lowest BCUT2D eigenvalue weighted by molar-refractivity contribution is 0.0950. The second-order valence-corrected chi connectivity index (χ2v) is 7.90. The molecule has 1 aromatic carbocycles. The molecule has 0 atom stereocenters. The van der Waals surface area contributed by atoms with Crippen LogP contribution >= 0.6 is 11.3 Å². The summed E-state index contributed by atoms with van der Waals surface area (Å²) in [6.07, 6.45) is 3.54. The van der Waals surface area contributed by atoms with Gasteiger partial charge in [-0.15, -0.1) is 11.3 Å². The van der Waals surface area contributed by atoms with Crippen molar-refractivity contribution in [1.29, 1.82) is 0 Å². The van der Waals surface area contributed by atoms with Gasteiger partial charge in [-0.1, -0.05) is 0 Å². The van der Waals surface area contributed by atoms with Crippen LogP contribution < -0.4 is 15.1 Å². The van der Waals surface area contributed by atoms with Crippen molar-refractivity contribution in [2.75, 3.05) is 37.0 Å². The molecule has 3 aromatic rings. The van der Waals surface area contributed by atoms with Gasteiger partial charge in [0, 0.05) is 32.7 Å². The standard InChI is InChI=1S/C19H23N7OS/c1-25(2)18-22-16(23-19(24-18)26-8-4-3-5-9-26)11-20-17(27)13-6-7-14-15(10-13)28-12-21-14/h6-7,10,12H,3-5,8-9,11H2,1-2H3,(H,20,27). The highest BCUT2D eigenvalue weighted by atomic mass is 32.1. The lowest BCUT2D eigenvalue weighted by Crippen LogP contribution is -2.32. The van der Waals surface area contributed by atoms with E-state index in [1.807, 2.05) is 31.1 Å². The fourth-order valence-electron chi connectivity index (χ4n) is 3.17. The second kappa shape index (κ2) is 8.05. The van der Waals surface area contributed by atoms with Crippen LogP contribution in [-0.2, 0) is 6.54 Å². The van der Waals surface area contributed by atoms with Gasteiger partial charge in [0.05, 0.1) is 22.3 Å². The molecule has 0 bridgehead atoms. The van der Waals surface area contributed by atoms with Crippen LogP contribution in [0.3, 0.4) is 0 Å². The number of carbonyl (C=O) groups is 1. The van der Waals surface area contributed by atoms with Gasteiger partial charge in [0.2, 0.25) is 11.9 Å². The number of carbonyl (C=O) groups excluding carboxylic acids is 1. The molecule has 4 rings (SSSR count). The van der Waals surface area contributed by atoms with Crippen molar-refractivity contribution in [3.05, 3.63) is 35.1 Å². The highest BCUT2D eigenvalue weighted by Gasteiger charge is 2.17. The van der Waals surface area contributed by atoms with E-state index >= 15 is 0 Å². The maximum atomic E-state index is 12.6. The Labute approximate surface area is 167 Å². The number of benzene rings is 1. The molecule has 28 heavy (non-hydrogen) atoms. The first-order valence-electron chi connectivity index (χ1n) is 9.39. The van der Waals surface area contributed by atoms with E-state index in [4.69, 9.17) is 0 Å². The quantitative estimate of drug-likeness (QED) is 0.708. The summed E-state index contributed by atoms with van der Waals surface area (Å²) in [4.78, 5) is 34.5. The van der Waals surface area contributed by atoms with E-state index in [-0.39, 0.29) is 12.5 Å². The number of hydrogen-bond acceptors (Lipinski definition) is 8. The first kappa shape index (κ1) is 18.5. The zero-order valence-corrected chi connectivity index (χ0v) is 16.9. The molecule has 1 amide bonds. The number of rotatable bonds is 5. The number of thiazole rings is 1. The lowest BCUT2D eigenvalue weighted by atomic mass is 10.1. The van der Waals surface area contributed by atoms with Crippen molar-refractivity contribution < 1.29 is 4.79 Å². The summed E-state index contributed by atoms with van der Waals surface area (Å²) in [6, 6.07) is 5.51. The molecule has 0 saturated carbocycles. The minimum absolute atomic E-state index is 0.151. The Bertz CT molecular complexity index is 981. The van der Waals surface area contributed by atoms with Crippen molar-refractivity contribution in [3.63, 3.8) is 0 Å². The van der Waals surface area contributed by atoms with Gasteiger partial charge in [-0.2, -0.15) is 15.0 Å². The summed E-state index contributed by atoms with van der Waals surface area (Å²) in [5, 5.41) is 2.92. The molecule has 0 radical (unpaired) electrons. The van der Waals surface area contributed by atoms with E-state index in [9.17, 15) is 4.79 Å². The van der Waals surface area contributed by atoms with Gasteiger partial charge >= 0.3 is 0 Å². The van der Waals surface area contributed by atoms with Gasteiger partial charge in [-0.05, 0) is 37.5 Å². The molecule has 1 aliphatic heterocycles. The number of fused-ring (bicyclic) bond motifs is 1. The maximum Gasteiger partial charge on any atom is 0.251 e. The molecule has 0 spiro atoms. The third kappa shape index (κ3) is 4.04. The number of nitrogens with one attached hydrogen (secondary N) is 1. The van der Waals surface area contributed by atoms with Crippen LogP contribution in [0, 0.1) is 0 Å². The minimum Gasteiger partial charge on any atom is -0.347 e. The Morgan fingerprint density at radius 1 is 1.18 bits per heavy atom. The summed E-state index contributed by atoms with van der Waals surface area (Å²) >= 11 is 1.52. The summed E-state index contributed by atoms with van der Waals surface area (Å²) in [6.45, 7) is 2.17. The van der Waals surface area contributed by atoms with Crippen LogP contribution in [0.25, 0.3) is 10.2 Å². The highest BCUT2D eigenvalue weighted by Crippen LogP contribution is 2.20. The molecule has 3 heterocycles. The molecule has 0 unspecified atom stereocenters. The predicted molar refractivity (Wildman–Crippen MR) is 111 cm³/mol. The van der Waals surface area contributed by atoms with Gasteiger partial charge in [-0.25, -0.2) is 4.98 Å². The van der Waals surface area contributed by atoms with Crippen LogP contribution in [0.2, 0.25) is 0 Å². The van der Waals surface area contributed by atoms with Gasteiger partial charge < -0.3 is 15.1 Å². The van der Waals surface area contributed by atoms with Gasteiger partial charge in [0.1, 0.15) is 0 Å². The van der Waals surface area contributed by atoms with Crippen molar-refractivity contribution in [2.24, 2.45) is 0 Å². The third-order valence-electron chi connectivity index (χ3n) is 4.70. The molecule has 146 valence electrons. The normalized spacial score (nSPS) is 14.3. The fourth-order valence-corrected chi connectivity index (χ4v) is 3.88. The summed E-state index contributed by atoms with van der Waals surface area (Å²) < 4.78 is 0.995. The molecule has 2 aromatic heterocycles. The topological polar surface area (TPSA) is 87.1 Å². The predicted octanol–water partition coefficient (Wildman–Crippen LogP) is 2.47. The molecule has 8 nitrogen and oxygen atoms in total.